The lowest BCUT2D eigenvalue weighted by atomic mass is 10.1. The molecule has 0 radical (unpaired) electrons. The molecule has 0 aromatic heterocycles. The molecule has 4 heteroatoms. The molecule has 0 bridgehead atoms. The molecule has 68 valence electrons. The van der Waals surface area contributed by atoms with Gasteiger partial charge in [0.2, 0.25) is 6.21 Å². The van der Waals surface area contributed by atoms with Gasteiger partial charge in [-0.15, -0.1) is 0 Å². The summed E-state index contributed by atoms with van der Waals surface area (Å²) >= 11 is 0. The van der Waals surface area contributed by atoms with Crippen LogP contribution in [0.5, 0.6) is 0 Å². The van der Waals surface area contributed by atoms with Crippen molar-refractivity contribution < 1.29 is 19.9 Å². The fourth-order valence-electron chi connectivity index (χ4n) is 0.948. The molecule has 0 saturated heterocycles. The molecule has 0 spiro atoms. The van der Waals surface area contributed by atoms with Crippen molar-refractivity contribution in [3.63, 3.8) is 0 Å². The molecule has 0 unspecified atom stereocenters. The Morgan fingerprint density at radius 3 is 3.00 bits per heavy atom. The highest BCUT2D eigenvalue weighted by Gasteiger charge is 2.04. The van der Waals surface area contributed by atoms with E-state index in [4.69, 9.17) is 5.21 Å². The van der Waals surface area contributed by atoms with Crippen molar-refractivity contribution in [3.8, 4) is 0 Å². The molecule has 0 aliphatic rings. The predicted octanol–water partition coefficient (Wildman–Crippen LogP) is -0.638. The third-order valence-electron chi connectivity index (χ3n) is 1.54. The minimum atomic E-state index is -0.395. The maximum Gasteiger partial charge on any atom is 0.337 e. The first-order valence-corrected chi connectivity index (χ1v) is 3.69. The maximum absolute atomic E-state index is 11.1. The van der Waals surface area contributed by atoms with E-state index < -0.39 is 5.97 Å². The summed E-state index contributed by atoms with van der Waals surface area (Å²) in [5, 5.41) is 10.3. The summed E-state index contributed by atoms with van der Waals surface area (Å²) in [5.74, 6) is -0.395. The van der Waals surface area contributed by atoms with Crippen molar-refractivity contribution in [3.05, 3.63) is 35.4 Å². The quantitative estimate of drug-likeness (QED) is 0.275. The van der Waals surface area contributed by atoms with Crippen LogP contribution in [0.2, 0.25) is 0 Å². The molecule has 13 heavy (non-hydrogen) atoms. The number of carbonyl (C=O) groups is 1. The van der Waals surface area contributed by atoms with Crippen LogP contribution in [0.15, 0.2) is 24.3 Å². The monoisotopic (exact) mass is 180 g/mol. The molecule has 1 aromatic carbocycles. The molecule has 1 aromatic rings. The van der Waals surface area contributed by atoms with Crippen LogP contribution in [0.25, 0.3) is 0 Å². The lowest BCUT2D eigenvalue weighted by molar-refractivity contribution is -0.733. The van der Waals surface area contributed by atoms with Crippen LogP contribution in [-0.2, 0) is 4.74 Å². The summed E-state index contributed by atoms with van der Waals surface area (Å²) < 4.78 is 4.53. The van der Waals surface area contributed by atoms with Crippen LogP contribution in [0, 0.1) is 0 Å². The van der Waals surface area contributed by atoms with E-state index in [2.05, 4.69) is 4.74 Å². The van der Waals surface area contributed by atoms with Crippen molar-refractivity contribution >= 4 is 12.2 Å². The van der Waals surface area contributed by atoms with Gasteiger partial charge in [0.1, 0.15) is 0 Å². The number of nitrogens with one attached hydrogen (secondary N) is 1. The zero-order valence-electron chi connectivity index (χ0n) is 7.15. The number of carbonyl (C=O) groups excluding carboxylic acids is 1. The van der Waals surface area contributed by atoms with Crippen molar-refractivity contribution in [1.82, 2.24) is 0 Å². The van der Waals surface area contributed by atoms with Gasteiger partial charge in [-0.3, -0.25) is 5.21 Å². The van der Waals surface area contributed by atoms with Crippen LogP contribution in [0.1, 0.15) is 15.9 Å². The van der Waals surface area contributed by atoms with Crippen LogP contribution in [0.4, 0.5) is 0 Å². The van der Waals surface area contributed by atoms with E-state index in [9.17, 15) is 4.79 Å². The first kappa shape index (κ1) is 9.25. The first-order valence-electron chi connectivity index (χ1n) is 3.69. The molecule has 0 atom stereocenters. The summed E-state index contributed by atoms with van der Waals surface area (Å²) in [6.45, 7) is 0. The maximum atomic E-state index is 11.1. The topological polar surface area (TPSA) is 60.5 Å². The predicted molar refractivity (Wildman–Crippen MR) is 45.7 cm³/mol. The fraction of sp³-hybridized carbons (Fsp3) is 0.111. The van der Waals surface area contributed by atoms with E-state index in [0.717, 1.165) is 0 Å². The Balaban J connectivity index is 2.98. The molecule has 1 rings (SSSR count). The van der Waals surface area contributed by atoms with E-state index in [-0.39, 0.29) is 0 Å². The van der Waals surface area contributed by atoms with Gasteiger partial charge in [0.25, 0.3) is 0 Å². The Morgan fingerprint density at radius 2 is 2.38 bits per heavy atom. The number of esters is 1. The second-order valence-corrected chi connectivity index (χ2v) is 2.39. The zero-order chi connectivity index (χ0) is 9.68. The summed E-state index contributed by atoms with van der Waals surface area (Å²) in [7, 11) is 1.32. The average molecular weight is 180 g/mol. The van der Waals surface area contributed by atoms with Crippen LogP contribution in [-0.4, -0.2) is 24.5 Å². The van der Waals surface area contributed by atoms with E-state index >= 15 is 0 Å². The van der Waals surface area contributed by atoms with Crippen molar-refractivity contribution in [2.24, 2.45) is 0 Å². The molecule has 2 N–H and O–H groups in total. The van der Waals surface area contributed by atoms with E-state index in [0.29, 0.717) is 11.1 Å². The fourth-order valence-corrected chi connectivity index (χ4v) is 0.948. The molecule has 0 fully saturated rings. The minimum absolute atomic E-state index is 0.395. The van der Waals surface area contributed by atoms with Gasteiger partial charge in [0.05, 0.1) is 12.7 Å². The third kappa shape index (κ3) is 2.30. The van der Waals surface area contributed by atoms with Crippen LogP contribution >= 0.6 is 0 Å². The molecule has 0 amide bonds. The number of methoxy groups -OCH3 is 1. The van der Waals surface area contributed by atoms with Gasteiger partial charge in [-0.1, -0.05) is 6.07 Å². The number of rotatable bonds is 2. The van der Waals surface area contributed by atoms with E-state index in [1.807, 2.05) is 5.16 Å². The second kappa shape index (κ2) is 4.25. The molecular formula is C9H10NO3+. The average Bonchev–Trinajstić information content (AvgIpc) is 2.18. The van der Waals surface area contributed by atoms with Crippen LogP contribution < -0.4 is 5.16 Å². The summed E-state index contributed by atoms with van der Waals surface area (Å²) in [5.41, 5.74) is 1.15. The Morgan fingerprint density at radius 1 is 1.62 bits per heavy atom. The number of hydrogen-bond donors (Lipinski definition) is 2. The molecule has 0 saturated carbocycles. The van der Waals surface area contributed by atoms with Gasteiger partial charge in [-0.2, -0.15) is 0 Å². The SMILES string of the molecule is COC(=O)c1cccc(/C=[NH+]/O)c1. The van der Waals surface area contributed by atoms with E-state index in [1.54, 1.807) is 24.3 Å². The molecule has 0 aliphatic heterocycles. The molecule has 0 heterocycles. The Kier molecular flexibility index (Phi) is 3.03. The lowest BCUT2D eigenvalue weighted by Crippen LogP contribution is -2.64. The van der Waals surface area contributed by atoms with Gasteiger partial charge >= 0.3 is 5.97 Å². The van der Waals surface area contributed by atoms with Gasteiger partial charge in [0, 0.05) is 5.56 Å². The smallest absolute Gasteiger partial charge is 0.337 e. The Hall–Kier alpha value is -1.84. The number of hydrogen-bond acceptors (Lipinski definition) is 3. The van der Waals surface area contributed by atoms with Crippen molar-refractivity contribution in [2.75, 3.05) is 7.11 Å². The lowest BCUT2D eigenvalue weighted by Gasteiger charge is -1.97. The molecule has 4 nitrogen and oxygen atoms in total. The zero-order valence-corrected chi connectivity index (χ0v) is 7.15. The largest absolute Gasteiger partial charge is 0.465 e. The van der Waals surface area contributed by atoms with Gasteiger partial charge in [-0.25, -0.2) is 4.79 Å². The first-order chi connectivity index (χ1) is 6.27. The second-order valence-electron chi connectivity index (χ2n) is 2.39. The highest BCUT2D eigenvalue weighted by molar-refractivity contribution is 5.91. The summed E-state index contributed by atoms with van der Waals surface area (Å²) in [6, 6.07) is 6.70. The van der Waals surface area contributed by atoms with Gasteiger partial charge < -0.3 is 4.74 Å². The van der Waals surface area contributed by atoms with E-state index in [1.165, 1.54) is 13.3 Å². The van der Waals surface area contributed by atoms with Crippen molar-refractivity contribution in [1.29, 1.82) is 0 Å². The highest BCUT2D eigenvalue weighted by Crippen LogP contribution is 2.03. The number of ether oxygens (including phenoxy) is 1. The Labute approximate surface area is 75.4 Å². The molecule has 0 aliphatic carbocycles. The van der Waals surface area contributed by atoms with Gasteiger partial charge in [-0.05, 0) is 23.4 Å². The third-order valence-corrected chi connectivity index (χ3v) is 1.54. The summed E-state index contributed by atoms with van der Waals surface area (Å²) in [4.78, 5) is 11.1. The standard InChI is InChI=1S/C9H9NO3/c1-13-9(11)8-4-2-3-7(5-8)6-10-12/h2-6,12H,1H3/p+1/b10-6+. The molecular weight excluding hydrogens is 170 g/mol. The summed E-state index contributed by atoms with van der Waals surface area (Å²) in [6.07, 6.45) is 1.37. The van der Waals surface area contributed by atoms with Crippen molar-refractivity contribution in [2.45, 2.75) is 0 Å². The Bertz CT molecular complexity index is 333. The number of benzene rings is 1. The van der Waals surface area contributed by atoms with Gasteiger partial charge in [0.15, 0.2) is 0 Å². The van der Waals surface area contributed by atoms with Crippen LogP contribution in [0.3, 0.4) is 0 Å². The minimum Gasteiger partial charge on any atom is -0.465 e. The highest BCUT2D eigenvalue weighted by atomic mass is 16.5. The normalized spacial score (nSPS) is 10.2.